The van der Waals surface area contributed by atoms with E-state index >= 15 is 0 Å². The fourth-order valence-corrected chi connectivity index (χ4v) is 2.19. The summed E-state index contributed by atoms with van der Waals surface area (Å²) >= 11 is 0. The molecule has 1 aliphatic rings. The number of carbonyl (C=O) groups is 2. The molecular formula is C15H19FN2O3. The van der Waals surface area contributed by atoms with E-state index in [9.17, 15) is 14.0 Å². The van der Waals surface area contributed by atoms with Gasteiger partial charge in [0, 0.05) is 25.2 Å². The van der Waals surface area contributed by atoms with Crippen LogP contribution in [0.4, 0.5) is 4.39 Å². The van der Waals surface area contributed by atoms with Crippen LogP contribution in [0.25, 0.3) is 0 Å². The lowest BCUT2D eigenvalue weighted by atomic mass is 10.2. The normalized spacial score (nSPS) is 14.2. The number of likely N-dealkylation sites (N-methyl/N-ethyl adjacent to an activating group) is 1. The van der Waals surface area contributed by atoms with Gasteiger partial charge < -0.3 is 10.0 Å². The third-order valence-electron chi connectivity index (χ3n) is 3.53. The molecule has 1 aliphatic carbocycles. The standard InChI is InChI=1S/C15H19FN2O3/c1-17(8-11-4-2-3-5-13(11)16)14(19)9-18(10-15(20)21)12-6-7-12/h2-5,12H,6-10H2,1H3,(H,20,21). The second-order valence-electron chi connectivity index (χ2n) is 5.37. The molecule has 5 nitrogen and oxygen atoms in total. The molecule has 1 aromatic rings. The molecule has 1 amide bonds. The lowest BCUT2D eigenvalue weighted by Crippen LogP contribution is -2.41. The number of carbonyl (C=O) groups excluding carboxylic acids is 1. The highest BCUT2D eigenvalue weighted by Gasteiger charge is 2.32. The van der Waals surface area contributed by atoms with Crippen molar-refractivity contribution in [3.63, 3.8) is 0 Å². The summed E-state index contributed by atoms with van der Waals surface area (Å²) in [6.07, 6.45) is 1.86. The molecule has 2 rings (SSSR count). The van der Waals surface area contributed by atoms with Crippen molar-refractivity contribution < 1.29 is 19.1 Å². The van der Waals surface area contributed by atoms with Gasteiger partial charge in [0.2, 0.25) is 5.91 Å². The van der Waals surface area contributed by atoms with E-state index in [-0.39, 0.29) is 37.4 Å². The third-order valence-corrected chi connectivity index (χ3v) is 3.53. The summed E-state index contributed by atoms with van der Waals surface area (Å²) in [7, 11) is 1.60. The molecule has 1 saturated carbocycles. The molecular weight excluding hydrogens is 275 g/mol. The number of benzene rings is 1. The summed E-state index contributed by atoms with van der Waals surface area (Å²) < 4.78 is 13.6. The Kier molecular flexibility index (Phi) is 4.90. The molecule has 1 aromatic carbocycles. The van der Waals surface area contributed by atoms with E-state index in [1.807, 2.05) is 0 Å². The highest BCUT2D eigenvalue weighted by atomic mass is 19.1. The van der Waals surface area contributed by atoms with Gasteiger partial charge in [-0.3, -0.25) is 14.5 Å². The Morgan fingerprint density at radius 3 is 2.52 bits per heavy atom. The van der Waals surface area contributed by atoms with Crippen molar-refractivity contribution in [2.45, 2.75) is 25.4 Å². The van der Waals surface area contributed by atoms with Gasteiger partial charge in [0.25, 0.3) is 0 Å². The van der Waals surface area contributed by atoms with Gasteiger partial charge >= 0.3 is 5.97 Å². The van der Waals surface area contributed by atoms with Gasteiger partial charge in [-0.2, -0.15) is 0 Å². The molecule has 0 saturated heterocycles. The quantitative estimate of drug-likeness (QED) is 0.824. The molecule has 1 fully saturated rings. The molecule has 0 aliphatic heterocycles. The lowest BCUT2D eigenvalue weighted by molar-refractivity contribution is -0.139. The molecule has 0 aromatic heterocycles. The van der Waals surface area contributed by atoms with Crippen LogP contribution in [-0.2, 0) is 16.1 Å². The van der Waals surface area contributed by atoms with Crippen LogP contribution in [0.3, 0.4) is 0 Å². The second kappa shape index (κ2) is 6.67. The molecule has 114 valence electrons. The fourth-order valence-electron chi connectivity index (χ4n) is 2.19. The van der Waals surface area contributed by atoms with E-state index in [0.29, 0.717) is 5.56 Å². The van der Waals surface area contributed by atoms with E-state index < -0.39 is 5.97 Å². The molecule has 0 unspecified atom stereocenters. The predicted molar refractivity (Wildman–Crippen MR) is 75.1 cm³/mol. The number of amides is 1. The van der Waals surface area contributed by atoms with Crippen molar-refractivity contribution in [3.05, 3.63) is 35.6 Å². The number of carboxylic acids is 1. The highest BCUT2D eigenvalue weighted by molar-refractivity contribution is 5.79. The average Bonchev–Trinajstić information content (AvgIpc) is 3.24. The molecule has 0 heterocycles. The number of nitrogens with zero attached hydrogens (tertiary/aromatic N) is 2. The van der Waals surface area contributed by atoms with Crippen LogP contribution in [-0.4, -0.2) is 53.0 Å². The maximum absolute atomic E-state index is 13.6. The van der Waals surface area contributed by atoms with Gasteiger partial charge in [0.1, 0.15) is 5.82 Å². The van der Waals surface area contributed by atoms with Crippen molar-refractivity contribution in [1.82, 2.24) is 9.80 Å². The largest absolute Gasteiger partial charge is 0.480 e. The number of rotatable bonds is 7. The van der Waals surface area contributed by atoms with E-state index in [4.69, 9.17) is 5.11 Å². The van der Waals surface area contributed by atoms with Crippen LogP contribution in [0.2, 0.25) is 0 Å². The van der Waals surface area contributed by atoms with Gasteiger partial charge in [-0.1, -0.05) is 18.2 Å². The Balaban J connectivity index is 1.92. The summed E-state index contributed by atoms with van der Waals surface area (Å²) in [6.45, 7) is 0.100. The first kappa shape index (κ1) is 15.4. The number of hydrogen-bond acceptors (Lipinski definition) is 3. The third kappa shape index (κ3) is 4.53. The predicted octanol–water partition coefficient (Wildman–Crippen LogP) is 1.33. The van der Waals surface area contributed by atoms with Gasteiger partial charge in [-0.15, -0.1) is 0 Å². The number of aliphatic carboxylic acids is 1. The molecule has 21 heavy (non-hydrogen) atoms. The van der Waals surface area contributed by atoms with E-state index in [0.717, 1.165) is 12.8 Å². The van der Waals surface area contributed by atoms with Gasteiger partial charge in [0.05, 0.1) is 13.1 Å². The molecule has 0 bridgehead atoms. The fraction of sp³-hybridized carbons (Fsp3) is 0.467. The van der Waals surface area contributed by atoms with Crippen molar-refractivity contribution in [1.29, 1.82) is 0 Å². The van der Waals surface area contributed by atoms with Crippen LogP contribution in [0.15, 0.2) is 24.3 Å². The second-order valence-corrected chi connectivity index (χ2v) is 5.37. The first-order chi connectivity index (χ1) is 9.97. The summed E-state index contributed by atoms with van der Waals surface area (Å²) in [5.74, 6) is -1.49. The van der Waals surface area contributed by atoms with Gasteiger partial charge in [-0.25, -0.2) is 4.39 Å². The minimum Gasteiger partial charge on any atom is -0.480 e. The van der Waals surface area contributed by atoms with Crippen molar-refractivity contribution >= 4 is 11.9 Å². The Labute approximate surface area is 123 Å². The monoisotopic (exact) mass is 294 g/mol. The zero-order valence-electron chi connectivity index (χ0n) is 12.0. The number of carboxylic acid groups (broad SMARTS) is 1. The smallest absolute Gasteiger partial charge is 0.317 e. The first-order valence-electron chi connectivity index (χ1n) is 6.90. The molecule has 1 N–H and O–H groups in total. The van der Waals surface area contributed by atoms with Gasteiger partial charge in [-0.05, 0) is 18.9 Å². The lowest BCUT2D eigenvalue weighted by Gasteiger charge is -2.23. The molecule has 0 radical (unpaired) electrons. The van der Waals surface area contributed by atoms with E-state index in [1.165, 1.54) is 11.0 Å². The Hall–Kier alpha value is -1.95. The average molecular weight is 294 g/mol. The number of hydrogen-bond donors (Lipinski definition) is 1. The summed E-state index contributed by atoms with van der Waals surface area (Å²) in [6, 6.07) is 6.50. The minimum atomic E-state index is -0.938. The maximum atomic E-state index is 13.6. The Morgan fingerprint density at radius 2 is 1.95 bits per heavy atom. The van der Waals surface area contributed by atoms with Crippen molar-refractivity contribution in [2.75, 3.05) is 20.1 Å². The van der Waals surface area contributed by atoms with Crippen LogP contribution >= 0.6 is 0 Å². The van der Waals surface area contributed by atoms with Crippen LogP contribution in [0.1, 0.15) is 18.4 Å². The first-order valence-corrected chi connectivity index (χ1v) is 6.90. The topological polar surface area (TPSA) is 60.9 Å². The summed E-state index contributed by atoms with van der Waals surface area (Å²) in [4.78, 5) is 26.1. The molecule has 6 heteroatoms. The van der Waals surface area contributed by atoms with E-state index in [2.05, 4.69) is 0 Å². The number of halogens is 1. The zero-order valence-corrected chi connectivity index (χ0v) is 12.0. The van der Waals surface area contributed by atoms with Crippen molar-refractivity contribution in [3.8, 4) is 0 Å². The van der Waals surface area contributed by atoms with Gasteiger partial charge in [0.15, 0.2) is 0 Å². The van der Waals surface area contributed by atoms with E-state index in [1.54, 1.807) is 30.1 Å². The van der Waals surface area contributed by atoms with Crippen LogP contribution in [0, 0.1) is 5.82 Å². The SMILES string of the molecule is CN(Cc1ccccc1F)C(=O)CN(CC(=O)O)C1CC1. The highest BCUT2D eigenvalue weighted by Crippen LogP contribution is 2.26. The van der Waals surface area contributed by atoms with Crippen LogP contribution in [0.5, 0.6) is 0 Å². The Morgan fingerprint density at radius 1 is 1.29 bits per heavy atom. The van der Waals surface area contributed by atoms with Crippen molar-refractivity contribution in [2.24, 2.45) is 0 Å². The maximum Gasteiger partial charge on any atom is 0.317 e. The zero-order chi connectivity index (χ0) is 15.4. The summed E-state index contributed by atoms with van der Waals surface area (Å²) in [5.41, 5.74) is 0.449. The molecule has 0 atom stereocenters. The minimum absolute atomic E-state index is 0.0575. The Bertz CT molecular complexity index is 531. The summed E-state index contributed by atoms with van der Waals surface area (Å²) in [5, 5.41) is 8.87. The van der Waals surface area contributed by atoms with Crippen LogP contribution < -0.4 is 0 Å². The molecule has 0 spiro atoms.